The molecule has 2 heterocycles. The van der Waals surface area contributed by atoms with Crippen LogP contribution in [0.2, 0.25) is 5.02 Å². The topological polar surface area (TPSA) is 42.9 Å². The van der Waals surface area contributed by atoms with Crippen LogP contribution >= 0.6 is 11.6 Å². The van der Waals surface area contributed by atoms with Crippen molar-refractivity contribution < 1.29 is 4.79 Å². The molecule has 92 valence electrons. The Morgan fingerprint density at radius 1 is 1.17 bits per heavy atom. The summed E-state index contributed by atoms with van der Waals surface area (Å²) in [6, 6.07) is 5.63. The number of aryl methyl sites for hydroxylation is 1. The van der Waals surface area contributed by atoms with Crippen LogP contribution in [0.15, 0.2) is 43.0 Å². The number of pyridine rings is 2. The summed E-state index contributed by atoms with van der Waals surface area (Å²) in [5, 5.41) is 0.548. The van der Waals surface area contributed by atoms with Gasteiger partial charge in [-0.2, -0.15) is 0 Å². The fraction of sp³-hybridized carbons (Fsp3) is 0.214. The van der Waals surface area contributed by atoms with Gasteiger partial charge in [0, 0.05) is 37.6 Å². The van der Waals surface area contributed by atoms with Crippen LogP contribution in [-0.4, -0.2) is 15.8 Å². The Bertz CT molecular complexity index is 528. The van der Waals surface area contributed by atoms with Gasteiger partial charge in [-0.1, -0.05) is 17.7 Å². The molecule has 3 nitrogen and oxygen atoms in total. The third-order valence-corrected chi connectivity index (χ3v) is 3.00. The van der Waals surface area contributed by atoms with Crippen molar-refractivity contribution in [2.75, 3.05) is 0 Å². The van der Waals surface area contributed by atoms with Gasteiger partial charge in [-0.05, 0) is 29.7 Å². The predicted molar refractivity (Wildman–Crippen MR) is 70.5 cm³/mol. The molecule has 0 fully saturated rings. The van der Waals surface area contributed by atoms with Crippen molar-refractivity contribution in [2.45, 2.75) is 19.3 Å². The third-order valence-electron chi connectivity index (χ3n) is 2.66. The van der Waals surface area contributed by atoms with Gasteiger partial charge in [0.1, 0.15) is 5.78 Å². The van der Waals surface area contributed by atoms with Crippen LogP contribution in [0.1, 0.15) is 17.5 Å². The van der Waals surface area contributed by atoms with Crippen LogP contribution in [0.3, 0.4) is 0 Å². The smallest absolute Gasteiger partial charge is 0.137 e. The van der Waals surface area contributed by atoms with Crippen LogP contribution in [0.4, 0.5) is 0 Å². The molecule has 0 radical (unpaired) electrons. The number of carbonyl (C=O) groups excluding carboxylic acids is 1. The molecular weight excluding hydrogens is 248 g/mol. The average Bonchev–Trinajstić information content (AvgIpc) is 2.40. The van der Waals surface area contributed by atoms with Crippen molar-refractivity contribution >= 4 is 17.4 Å². The van der Waals surface area contributed by atoms with Gasteiger partial charge in [0.15, 0.2) is 0 Å². The first-order valence-electron chi connectivity index (χ1n) is 5.74. The van der Waals surface area contributed by atoms with Crippen molar-refractivity contribution in [2.24, 2.45) is 0 Å². The zero-order chi connectivity index (χ0) is 12.8. The van der Waals surface area contributed by atoms with E-state index in [1.807, 2.05) is 12.1 Å². The quantitative estimate of drug-likeness (QED) is 0.830. The summed E-state index contributed by atoms with van der Waals surface area (Å²) < 4.78 is 0. The van der Waals surface area contributed by atoms with E-state index in [0.29, 0.717) is 17.9 Å². The number of ketones is 1. The van der Waals surface area contributed by atoms with Crippen LogP contribution in [0.5, 0.6) is 0 Å². The highest BCUT2D eigenvalue weighted by atomic mass is 35.5. The minimum Gasteiger partial charge on any atom is -0.299 e. The monoisotopic (exact) mass is 260 g/mol. The SMILES string of the molecule is O=C(CCc1cccnc1)Cc1ccncc1Cl. The number of aromatic nitrogens is 2. The van der Waals surface area contributed by atoms with Crippen LogP contribution in [0.25, 0.3) is 0 Å². The fourth-order valence-electron chi connectivity index (χ4n) is 1.68. The first-order chi connectivity index (χ1) is 8.75. The summed E-state index contributed by atoms with van der Waals surface area (Å²) in [6.45, 7) is 0. The number of rotatable bonds is 5. The van der Waals surface area contributed by atoms with E-state index < -0.39 is 0 Å². The Morgan fingerprint density at radius 3 is 2.72 bits per heavy atom. The lowest BCUT2D eigenvalue weighted by Crippen LogP contribution is -2.05. The molecule has 2 aromatic heterocycles. The lowest BCUT2D eigenvalue weighted by molar-refractivity contribution is -0.118. The normalized spacial score (nSPS) is 10.3. The largest absolute Gasteiger partial charge is 0.299 e. The van der Waals surface area contributed by atoms with E-state index in [-0.39, 0.29) is 5.78 Å². The maximum atomic E-state index is 11.8. The molecule has 0 unspecified atom stereocenters. The van der Waals surface area contributed by atoms with E-state index in [2.05, 4.69) is 9.97 Å². The summed E-state index contributed by atoms with van der Waals surface area (Å²) in [5.74, 6) is 0.173. The molecule has 0 aromatic carbocycles. The first kappa shape index (κ1) is 12.7. The van der Waals surface area contributed by atoms with Crippen molar-refractivity contribution in [3.05, 3.63) is 59.1 Å². The van der Waals surface area contributed by atoms with Crippen molar-refractivity contribution in [1.29, 1.82) is 0 Å². The lowest BCUT2D eigenvalue weighted by Gasteiger charge is -2.03. The Morgan fingerprint density at radius 2 is 2.00 bits per heavy atom. The average molecular weight is 261 g/mol. The van der Waals surface area contributed by atoms with Gasteiger partial charge in [0.25, 0.3) is 0 Å². The summed E-state index contributed by atoms with van der Waals surface area (Å²) in [5.41, 5.74) is 1.91. The van der Waals surface area contributed by atoms with Gasteiger partial charge < -0.3 is 0 Å². The molecule has 0 aliphatic carbocycles. The molecule has 2 rings (SSSR count). The highest BCUT2D eigenvalue weighted by Gasteiger charge is 2.07. The van der Waals surface area contributed by atoms with Gasteiger partial charge in [-0.25, -0.2) is 0 Å². The number of hydrogen-bond acceptors (Lipinski definition) is 3. The molecular formula is C14H13ClN2O. The van der Waals surface area contributed by atoms with E-state index in [1.54, 1.807) is 30.9 Å². The Balaban J connectivity index is 1.88. The molecule has 0 spiro atoms. The van der Waals surface area contributed by atoms with Gasteiger partial charge in [0.2, 0.25) is 0 Å². The van der Waals surface area contributed by atoms with Crippen LogP contribution in [-0.2, 0) is 17.6 Å². The van der Waals surface area contributed by atoms with E-state index in [1.165, 1.54) is 0 Å². The van der Waals surface area contributed by atoms with E-state index >= 15 is 0 Å². The Kier molecular flexibility index (Phi) is 4.42. The van der Waals surface area contributed by atoms with Crippen molar-refractivity contribution in [3.8, 4) is 0 Å². The number of nitrogens with zero attached hydrogens (tertiary/aromatic N) is 2. The maximum absolute atomic E-state index is 11.8. The van der Waals surface area contributed by atoms with Gasteiger partial charge in [-0.3, -0.25) is 14.8 Å². The lowest BCUT2D eigenvalue weighted by atomic mass is 10.0. The Hall–Kier alpha value is -1.74. The predicted octanol–water partition coefficient (Wildman–Crippen LogP) is 2.87. The molecule has 0 aliphatic rings. The second-order valence-corrected chi connectivity index (χ2v) is 4.45. The maximum Gasteiger partial charge on any atom is 0.137 e. The zero-order valence-electron chi connectivity index (χ0n) is 9.84. The second kappa shape index (κ2) is 6.26. The standard InChI is InChI=1S/C14H13ClN2O/c15-14-10-17-7-5-12(14)8-13(18)4-3-11-2-1-6-16-9-11/h1-2,5-7,9-10H,3-4,8H2. The molecule has 0 aliphatic heterocycles. The van der Waals surface area contributed by atoms with E-state index in [4.69, 9.17) is 11.6 Å². The van der Waals surface area contributed by atoms with Crippen molar-refractivity contribution in [1.82, 2.24) is 9.97 Å². The van der Waals surface area contributed by atoms with Crippen LogP contribution < -0.4 is 0 Å². The number of Topliss-reactive ketones (excluding diaryl/α,β-unsaturated/α-hetero) is 1. The molecule has 0 amide bonds. The third kappa shape index (κ3) is 3.64. The van der Waals surface area contributed by atoms with Gasteiger partial charge in [0.05, 0.1) is 5.02 Å². The highest BCUT2D eigenvalue weighted by molar-refractivity contribution is 6.31. The van der Waals surface area contributed by atoms with Crippen molar-refractivity contribution in [3.63, 3.8) is 0 Å². The number of hydrogen-bond donors (Lipinski definition) is 0. The minimum atomic E-state index is 0.173. The highest BCUT2D eigenvalue weighted by Crippen LogP contribution is 2.15. The molecule has 0 saturated heterocycles. The van der Waals surface area contributed by atoms with Gasteiger partial charge in [-0.15, -0.1) is 0 Å². The summed E-state index contributed by atoms with van der Waals surface area (Å²) in [6.07, 6.45) is 8.30. The molecule has 0 saturated carbocycles. The molecule has 18 heavy (non-hydrogen) atoms. The molecule has 0 N–H and O–H groups in total. The van der Waals surface area contributed by atoms with E-state index in [9.17, 15) is 4.79 Å². The first-order valence-corrected chi connectivity index (χ1v) is 6.12. The van der Waals surface area contributed by atoms with E-state index in [0.717, 1.165) is 17.5 Å². The summed E-state index contributed by atoms with van der Waals surface area (Å²) >= 11 is 5.96. The number of carbonyl (C=O) groups is 1. The minimum absolute atomic E-state index is 0.173. The molecule has 0 atom stereocenters. The second-order valence-electron chi connectivity index (χ2n) is 4.04. The van der Waals surface area contributed by atoms with Gasteiger partial charge >= 0.3 is 0 Å². The Labute approximate surface area is 111 Å². The fourth-order valence-corrected chi connectivity index (χ4v) is 1.86. The zero-order valence-corrected chi connectivity index (χ0v) is 10.6. The molecule has 0 bridgehead atoms. The number of halogens is 1. The molecule has 4 heteroatoms. The van der Waals surface area contributed by atoms with Crippen LogP contribution in [0, 0.1) is 0 Å². The molecule has 2 aromatic rings. The summed E-state index contributed by atoms with van der Waals surface area (Å²) in [7, 11) is 0. The summed E-state index contributed by atoms with van der Waals surface area (Å²) in [4.78, 5) is 19.8.